The largest absolute Gasteiger partial charge is 0.331 e. The van der Waals surface area contributed by atoms with Crippen molar-refractivity contribution < 1.29 is 4.79 Å². The van der Waals surface area contributed by atoms with Crippen molar-refractivity contribution in [2.24, 2.45) is 0 Å². The first-order chi connectivity index (χ1) is 10.2. The van der Waals surface area contributed by atoms with Gasteiger partial charge < -0.3 is 4.90 Å². The van der Waals surface area contributed by atoms with Crippen LogP contribution in [0.4, 0.5) is 0 Å². The van der Waals surface area contributed by atoms with Gasteiger partial charge in [-0.05, 0) is 18.7 Å². The molecule has 0 aliphatic carbocycles. The van der Waals surface area contributed by atoms with Crippen molar-refractivity contribution in [2.75, 3.05) is 32.7 Å². The predicted molar refractivity (Wildman–Crippen MR) is 85.9 cm³/mol. The van der Waals surface area contributed by atoms with E-state index < -0.39 is 0 Å². The zero-order chi connectivity index (χ0) is 15.1. The molecule has 0 unspecified atom stereocenters. The number of nitrogens with zero attached hydrogens (tertiary/aromatic N) is 2. The van der Waals surface area contributed by atoms with Crippen LogP contribution in [0.2, 0.25) is 0 Å². The Balaban J connectivity index is 1.85. The van der Waals surface area contributed by atoms with Crippen molar-refractivity contribution >= 4 is 5.91 Å². The maximum Gasteiger partial charge on any atom is 0.224 e. The Morgan fingerprint density at radius 1 is 1.19 bits per heavy atom. The van der Waals surface area contributed by atoms with Gasteiger partial charge in [-0.25, -0.2) is 0 Å². The summed E-state index contributed by atoms with van der Waals surface area (Å²) in [4.78, 5) is 16.2. The monoisotopic (exact) mass is 284 g/mol. The molecule has 3 nitrogen and oxygen atoms in total. The highest BCUT2D eigenvalue weighted by atomic mass is 16.2. The quantitative estimate of drug-likeness (QED) is 0.775. The summed E-state index contributed by atoms with van der Waals surface area (Å²) in [5.74, 6) is 6.86. The van der Waals surface area contributed by atoms with E-state index in [1.54, 1.807) is 0 Å². The second kappa shape index (κ2) is 7.85. The molecule has 1 atom stereocenters. The lowest BCUT2D eigenvalue weighted by Gasteiger charge is -2.14. The summed E-state index contributed by atoms with van der Waals surface area (Å²) in [5, 5.41) is 0. The number of amides is 1. The number of hydrogen-bond donors (Lipinski definition) is 0. The van der Waals surface area contributed by atoms with Gasteiger partial charge in [0, 0.05) is 18.9 Å². The maximum atomic E-state index is 12.0. The summed E-state index contributed by atoms with van der Waals surface area (Å²) >= 11 is 0. The van der Waals surface area contributed by atoms with E-state index in [0.717, 1.165) is 26.2 Å². The molecule has 1 fully saturated rings. The fraction of sp³-hybridized carbons (Fsp3) is 0.500. The fourth-order valence-corrected chi connectivity index (χ4v) is 2.64. The Labute approximate surface area is 127 Å². The van der Waals surface area contributed by atoms with Crippen molar-refractivity contribution in [3.05, 3.63) is 35.9 Å². The van der Waals surface area contributed by atoms with Crippen LogP contribution in [0.25, 0.3) is 0 Å². The lowest BCUT2D eigenvalue weighted by molar-refractivity contribution is -0.127. The average Bonchev–Trinajstić information content (AvgIpc) is 2.89. The SMILES string of the molecule is CCN(CC)CC#CCN1C[C@@H](c2ccccc2)CC1=O. The van der Waals surface area contributed by atoms with Gasteiger partial charge in [0.2, 0.25) is 5.91 Å². The molecule has 3 heteroatoms. The summed E-state index contributed by atoms with van der Waals surface area (Å²) in [5.41, 5.74) is 1.25. The molecule has 0 aromatic heterocycles. The fourth-order valence-electron chi connectivity index (χ4n) is 2.64. The van der Waals surface area contributed by atoms with E-state index in [0.29, 0.717) is 18.9 Å². The Kier molecular flexibility index (Phi) is 5.83. The molecule has 0 bridgehead atoms. The van der Waals surface area contributed by atoms with Gasteiger partial charge in [-0.2, -0.15) is 0 Å². The van der Waals surface area contributed by atoms with Crippen LogP contribution in [0.1, 0.15) is 31.7 Å². The van der Waals surface area contributed by atoms with E-state index in [4.69, 9.17) is 0 Å². The highest BCUT2D eigenvalue weighted by Crippen LogP contribution is 2.27. The zero-order valence-electron chi connectivity index (χ0n) is 13.0. The number of benzene rings is 1. The Bertz CT molecular complexity index is 511. The molecule has 1 aliphatic rings. The number of likely N-dealkylation sites (tertiary alicyclic amines) is 1. The number of carbonyl (C=O) groups excluding carboxylic acids is 1. The minimum atomic E-state index is 0.223. The van der Waals surface area contributed by atoms with Crippen LogP contribution in [-0.4, -0.2) is 48.4 Å². The van der Waals surface area contributed by atoms with Crippen molar-refractivity contribution in [1.82, 2.24) is 9.80 Å². The Morgan fingerprint density at radius 3 is 2.57 bits per heavy atom. The topological polar surface area (TPSA) is 23.6 Å². The van der Waals surface area contributed by atoms with Gasteiger partial charge in [0.1, 0.15) is 0 Å². The van der Waals surface area contributed by atoms with Crippen molar-refractivity contribution in [1.29, 1.82) is 0 Å². The van der Waals surface area contributed by atoms with Gasteiger partial charge in [-0.1, -0.05) is 56.0 Å². The molecule has 0 radical (unpaired) electrons. The molecular formula is C18H24N2O. The molecule has 1 amide bonds. The van der Waals surface area contributed by atoms with Crippen molar-refractivity contribution in [3.63, 3.8) is 0 Å². The van der Waals surface area contributed by atoms with Crippen LogP contribution in [0.15, 0.2) is 30.3 Å². The third-order valence-corrected chi connectivity index (χ3v) is 4.08. The second-order valence-corrected chi connectivity index (χ2v) is 5.40. The van der Waals surface area contributed by atoms with Crippen LogP contribution in [0, 0.1) is 11.8 Å². The molecule has 0 spiro atoms. The molecule has 1 aliphatic heterocycles. The molecular weight excluding hydrogens is 260 g/mol. The van der Waals surface area contributed by atoms with Crippen LogP contribution in [-0.2, 0) is 4.79 Å². The molecule has 112 valence electrons. The van der Waals surface area contributed by atoms with Crippen molar-refractivity contribution in [3.8, 4) is 11.8 Å². The maximum absolute atomic E-state index is 12.0. The van der Waals surface area contributed by atoms with Crippen molar-refractivity contribution in [2.45, 2.75) is 26.2 Å². The van der Waals surface area contributed by atoms with Crippen LogP contribution < -0.4 is 0 Å². The number of carbonyl (C=O) groups is 1. The van der Waals surface area contributed by atoms with Crippen LogP contribution in [0.5, 0.6) is 0 Å². The highest BCUT2D eigenvalue weighted by molar-refractivity contribution is 5.80. The first kappa shape index (κ1) is 15.6. The lowest BCUT2D eigenvalue weighted by atomic mass is 9.99. The van der Waals surface area contributed by atoms with Crippen LogP contribution >= 0.6 is 0 Å². The molecule has 1 saturated heterocycles. The van der Waals surface area contributed by atoms with E-state index in [1.807, 2.05) is 23.1 Å². The van der Waals surface area contributed by atoms with Gasteiger partial charge in [0.25, 0.3) is 0 Å². The van der Waals surface area contributed by atoms with E-state index in [-0.39, 0.29) is 5.91 Å². The van der Waals surface area contributed by atoms with E-state index in [1.165, 1.54) is 5.56 Å². The predicted octanol–water partition coefficient (Wildman–Crippen LogP) is 2.35. The first-order valence-electron chi connectivity index (χ1n) is 7.75. The summed E-state index contributed by atoms with van der Waals surface area (Å²) in [7, 11) is 0. The molecule has 2 rings (SSSR count). The second-order valence-electron chi connectivity index (χ2n) is 5.40. The molecule has 0 saturated carbocycles. The molecule has 1 aromatic rings. The molecule has 0 N–H and O–H groups in total. The third kappa shape index (κ3) is 4.34. The zero-order valence-corrected chi connectivity index (χ0v) is 13.0. The highest BCUT2D eigenvalue weighted by Gasteiger charge is 2.29. The first-order valence-corrected chi connectivity index (χ1v) is 7.75. The molecule has 21 heavy (non-hydrogen) atoms. The van der Waals surface area contributed by atoms with E-state index >= 15 is 0 Å². The number of rotatable bonds is 5. The van der Waals surface area contributed by atoms with Gasteiger partial charge in [-0.3, -0.25) is 9.69 Å². The van der Waals surface area contributed by atoms with Gasteiger partial charge in [0.15, 0.2) is 0 Å². The van der Waals surface area contributed by atoms with Gasteiger partial charge in [-0.15, -0.1) is 0 Å². The molecule has 1 aromatic carbocycles. The average molecular weight is 284 g/mol. The lowest BCUT2D eigenvalue weighted by Crippen LogP contribution is -2.26. The normalized spacial score (nSPS) is 18.0. The third-order valence-electron chi connectivity index (χ3n) is 4.08. The van der Waals surface area contributed by atoms with Gasteiger partial charge >= 0.3 is 0 Å². The van der Waals surface area contributed by atoms with E-state index in [2.05, 4.69) is 42.7 Å². The minimum absolute atomic E-state index is 0.223. The smallest absolute Gasteiger partial charge is 0.224 e. The summed E-state index contributed by atoms with van der Waals surface area (Å²) < 4.78 is 0. The Hall–Kier alpha value is -1.79. The summed E-state index contributed by atoms with van der Waals surface area (Å²) in [6.07, 6.45) is 0.613. The molecule has 1 heterocycles. The summed E-state index contributed by atoms with van der Waals surface area (Å²) in [6.45, 7) is 8.45. The van der Waals surface area contributed by atoms with Crippen LogP contribution in [0.3, 0.4) is 0 Å². The Morgan fingerprint density at radius 2 is 1.90 bits per heavy atom. The minimum Gasteiger partial charge on any atom is -0.331 e. The summed E-state index contributed by atoms with van der Waals surface area (Å²) in [6, 6.07) is 10.3. The van der Waals surface area contributed by atoms with E-state index in [9.17, 15) is 4.79 Å². The van der Waals surface area contributed by atoms with Gasteiger partial charge in [0.05, 0.1) is 13.1 Å². The number of hydrogen-bond acceptors (Lipinski definition) is 2. The standard InChI is InChI=1S/C18H24N2O/c1-3-19(4-2)12-8-9-13-20-15-17(14-18(20)21)16-10-6-5-7-11-16/h5-7,10-11,17H,3-4,12-15H2,1-2H3/t17-/m0/s1.